The molecule has 1 aromatic carbocycles. The van der Waals surface area contributed by atoms with Crippen LogP contribution in [0.2, 0.25) is 0 Å². The van der Waals surface area contributed by atoms with Crippen molar-refractivity contribution in [2.24, 2.45) is 108 Å². The third-order valence-corrected chi connectivity index (χ3v) is 34.7. The molecule has 3 N–H and O–H groups in total. The number of piperidine rings is 2. The average Bonchev–Trinajstić information content (AvgIpc) is 1.53. The maximum Gasteiger partial charge on any atom is 0.339 e. The van der Waals surface area contributed by atoms with E-state index in [1.807, 2.05) is 0 Å². The van der Waals surface area contributed by atoms with Crippen molar-refractivity contribution >= 4 is 11.9 Å². The molecule has 9 saturated carbocycles. The predicted molar refractivity (Wildman–Crippen MR) is 343 cm³/mol. The van der Waals surface area contributed by atoms with Crippen LogP contribution in [0, 0.1) is 114 Å². The Hall–Kier alpha value is -3.80. The number of carbonyl (C=O) groups is 2. The van der Waals surface area contributed by atoms with Crippen molar-refractivity contribution in [3.05, 3.63) is 80.5 Å². The number of aryl methyl sites for hydroxylation is 1. The Kier molecular flexibility index (Phi) is 11.1. The molecule has 7 aliphatic heterocycles. The van der Waals surface area contributed by atoms with Crippen molar-refractivity contribution in [3.8, 4) is 11.8 Å². The Labute approximate surface area is 531 Å². The van der Waals surface area contributed by atoms with Crippen molar-refractivity contribution < 1.29 is 24.2 Å². The van der Waals surface area contributed by atoms with Gasteiger partial charge in [-0.05, 0) is 259 Å². The summed E-state index contributed by atoms with van der Waals surface area (Å²) in [5, 5.41) is 14.6. The fourth-order valence-corrected chi connectivity index (χ4v) is 32.3. The normalized spacial score (nSPS) is 50.6. The molecule has 8 nitrogen and oxygen atoms in total. The maximum atomic E-state index is 17.4. The van der Waals surface area contributed by atoms with Crippen LogP contribution in [-0.2, 0) is 26.3 Å². The van der Waals surface area contributed by atoms with Crippen LogP contribution in [0.25, 0.3) is 0 Å². The van der Waals surface area contributed by atoms with Gasteiger partial charge in [-0.25, -0.2) is 4.79 Å². The topological polar surface area (TPSA) is 105 Å². The number of ether oxygens (including phenoxy) is 2. The monoisotopic (exact) mass is 1200 g/mol. The first-order chi connectivity index (χ1) is 43.4. The molecule has 1 aromatic rings. The van der Waals surface area contributed by atoms with Crippen LogP contribution in [0.3, 0.4) is 0 Å². The predicted octanol–water partition coefficient (Wildman–Crippen LogP) is 16.4. The molecule has 9 spiro atoms. The number of esters is 2. The average molecular weight is 1200 g/mol. The Morgan fingerprint density at radius 1 is 0.730 bits per heavy atom. The second-order valence-corrected chi connectivity index (χ2v) is 36.1. The van der Waals surface area contributed by atoms with Gasteiger partial charge in [-0.3, -0.25) is 9.69 Å². The smallest absolute Gasteiger partial charge is 0.339 e. The van der Waals surface area contributed by atoms with Gasteiger partial charge < -0.3 is 25.2 Å². The number of carbonyl (C=O) groups excluding carboxylic acids is 2. The lowest BCUT2D eigenvalue weighted by Gasteiger charge is -2.75. The zero-order valence-corrected chi connectivity index (χ0v) is 54.2. The molecular formula is C81H103N3O5. The fourth-order valence-electron chi connectivity index (χ4n) is 32.3. The third kappa shape index (κ3) is 6.11. The zero-order valence-electron chi connectivity index (χ0n) is 54.2. The van der Waals surface area contributed by atoms with Crippen LogP contribution < -0.4 is 5.73 Å². The minimum Gasteiger partial charge on any atom is -0.509 e. The quantitative estimate of drug-likeness (QED) is 0.175. The summed E-state index contributed by atoms with van der Waals surface area (Å²) in [6, 6.07) is 7.58. The standard InChI is InChI=1S/C81H103N3O5/c1-48-37-51-20-21-62-54-39-55-47-84(62)69(51)68-58-23-35-79-70(64(85)41-63-56-43-75(26-4-5-27-75)78(44-56)33-12-32-77(78)31-9-17-57(77)16-7-19-61(55)83(63)46-54)88-72(87)80(79)65(81(79)60-18-6-13-49(15-10-36-82)66(60)71(86)89-81)40-53(38-50-22-34-76(48,68)45-59(50)67(58)80)52-14-8-28-74(42-52)30-11-29-73(74)24-2-3-25-73/h6,13,18,38,48,52-57,59,61-63,65,68,85H,2-5,8-12,14-15,17,19-37,39-47,82H2,1H3/b50-38?,70-64+/t48-,52+,53-,54+,55+,56+,57+,59-,61+,62+,63+,65+,68-,74+,76-,77+,78+,79-,80-,81-/m1/s1. The highest BCUT2D eigenvalue weighted by molar-refractivity contribution is 6.00. The molecular weight excluding hydrogens is 1090 g/mol. The van der Waals surface area contributed by atoms with Crippen LogP contribution in [0.1, 0.15) is 260 Å². The maximum absolute atomic E-state index is 17.4. The summed E-state index contributed by atoms with van der Waals surface area (Å²) in [7, 11) is 0. The summed E-state index contributed by atoms with van der Waals surface area (Å²) in [6.45, 7) is 5.43. The highest BCUT2D eigenvalue weighted by Gasteiger charge is 2.94. The van der Waals surface area contributed by atoms with Gasteiger partial charge in [-0.1, -0.05) is 105 Å². The highest BCUT2D eigenvalue weighted by Crippen LogP contribution is 2.90. The van der Waals surface area contributed by atoms with E-state index in [1.165, 1.54) is 185 Å². The lowest BCUT2D eigenvalue weighted by atomic mass is 9.26. The molecule has 0 radical (unpaired) electrons. The van der Waals surface area contributed by atoms with E-state index in [2.05, 4.69) is 52.8 Å². The number of nitrogens with zero attached hydrogens (tertiary/aromatic N) is 2. The fraction of sp³-hybridized carbons (Fsp3) is 0.778. The Morgan fingerprint density at radius 3 is 2.39 bits per heavy atom. The van der Waals surface area contributed by atoms with Gasteiger partial charge in [-0.2, -0.15) is 0 Å². The second kappa shape index (κ2) is 18.2. The van der Waals surface area contributed by atoms with Crippen molar-refractivity contribution in [2.45, 2.75) is 268 Å². The third-order valence-electron chi connectivity index (χ3n) is 34.7. The van der Waals surface area contributed by atoms with Crippen molar-refractivity contribution in [2.75, 3.05) is 19.6 Å². The number of hydrogen-bond acceptors (Lipinski definition) is 8. The molecule has 8 heteroatoms. The van der Waals surface area contributed by atoms with E-state index < -0.39 is 16.4 Å². The van der Waals surface area contributed by atoms with Crippen LogP contribution in [-0.4, -0.2) is 64.6 Å². The van der Waals surface area contributed by atoms with Gasteiger partial charge in [0.25, 0.3) is 0 Å². The van der Waals surface area contributed by atoms with Gasteiger partial charge in [0.15, 0.2) is 11.4 Å². The number of benzene rings is 1. The first-order valence-corrected chi connectivity index (χ1v) is 38.3. The molecule has 89 heavy (non-hydrogen) atoms. The summed E-state index contributed by atoms with van der Waals surface area (Å²) < 4.78 is 15.4. The van der Waals surface area contributed by atoms with Crippen molar-refractivity contribution in [1.29, 1.82) is 0 Å². The molecule has 0 aromatic heterocycles. The van der Waals surface area contributed by atoms with E-state index in [4.69, 9.17) is 15.2 Å². The molecule has 12 fully saturated rings. The van der Waals surface area contributed by atoms with Crippen LogP contribution >= 0.6 is 0 Å². The molecule has 3 saturated heterocycles. The summed E-state index contributed by atoms with van der Waals surface area (Å²) >= 11 is 0. The summed E-state index contributed by atoms with van der Waals surface area (Å²) in [5.74, 6) is 12.5. The number of rotatable bonds is 4. The first kappa shape index (κ1) is 54.6. The van der Waals surface area contributed by atoms with E-state index in [-0.39, 0.29) is 52.5 Å². The van der Waals surface area contributed by atoms with Crippen molar-refractivity contribution in [1.82, 2.24) is 9.80 Å². The molecule has 0 unspecified atom stereocenters. The molecule has 20 aliphatic rings. The van der Waals surface area contributed by atoms with Crippen LogP contribution in [0.5, 0.6) is 0 Å². The molecule has 12 bridgehead atoms. The van der Waals surface area contributed by atoms with Gasteiger partial charge in [0, 0.05) is 79.0 Å². The van der Waals surface area contributed by atoms with Gasteiger partial charge in [0.05, 0.1) is 11.0 Å². The Morgan fingerprint density at radius 2 is 1.52 bits per heavy atom. The Bertz CT molecular complexity index is 3520. The SMILES string of the molecule is C[C@@H]1CC2=C3[C@H]4C5=C6[C@@H]7C[C@@]41CCC7=C[C@@H]([C@H]1CCC[C@]4(CCCC47CCCC7)C1)C[C@H]1[C@]64C(=O)O/C(=C(/O)C[C@H]6[C@H]7CC8(CCCC8)[C@]8(CCC[C@]89CCC[C@@H]9C#CC[C@H]8[C@H]9C[C@@H](CN86)[C@H](CC2)N3C9)C7)[C@@]4(CC5)[C@]12OC(=O)c1c(CCCN)cccc12. The van der Waals surface area contributed by atoms with E-state index in [0.29, 0.717) is 107 Å². The van der Waals surface area contributed by atoms with Gasteiger partial charge in [-0.15, -0.1) is 5.92 Å². The number of hydrogen-bond donors (Lipinski definition) is 2. The van der Waals surface area contributed by atoms with E-state index >= 15 is 9.59 Å². The minimum absolute atomic E-state index is 0.0984. The zero-order chi connectivity index (χ0) is 59.0. The lowest BCUT2D eigenvalue weighted by Crippen LogP contribution is -2.78. The first-order valence-electron chi connectivity index (χ1n) is 38.3. The minimum atomic E-state index is -1.17. The number of allylic oxidation sites excluding steroid dienone is 4. The largest absolute Gasteiger partial charge is 0.509 e. The summed E-state index contributed by atoms with van der Waals surface area (Å²) in [5.41, 5.74) is 15.8. The number of nitrogens with two attached hydrogens (primary N) is 1. The number of fused-ring (bicyclic) bond motifs is 9. The molecule has 20 atom stereocenters. The second-order valence-electron chi connectivity index (χ2n) is 36.1. The highest BCUT2D eigenvalue weighted by atomic mass is 16.6. The molecule has 13 aliphatic carbocycles. The van der Waals surface area contributed by atoms with Gasteiger partial charge in [0.1, 0.15) is 11.2 Å². The molecule has 21 rings (SSSR count). The lowest BCUT2D eigenvalue weighted by molar-refractivity contribution is -0.284. The molecule has 7 heterocycles. The van der Waals surface area contributed by atoms with Gasteiger partial charge in [0.2, 0.25) is 0 Å². The summed E-state index contributed by atoms with van der Waals surface area (Å²) in [4.78, 5) is 39.6. The number of aliphatic hydroxyl groups excluding tert-OH is 1. The Balaban J connectivity index is 0.827. The summed E-state index contributed by atoms with van der Waals surface area (Å²) in [6.07, 6.45) is 47.6. The van der Waals surface area contributed by atoms with Crippen LogP contribution in [0.15, 0.2) is 63.8 Å². The van der Waals surface area contributed by atoms with E-state index in [1.54, 1.807) is 22.4 Å². The van der Waals surface area contributed by atoms with Crippen LogP contribution in [0.4, 0.5) is 0 Å². The van der Waals surface area contributed by atoms with Crippen molar-refractivity contribution in [3.63, 3.8) is 0 Å². The molecule has 0 amide bonds. The van der Waals surface area contributed by atoms with E-state index in [9.17, 15) is 5.11 Å². The number of aliphatic hydroxyl groups is 1. The van der Waals surface area contributed by atoms with E-state index in [0.717, 1.165) is 68.3 Å². The van der Waals surface area contributed by atoms with Gasteiger partial charge >= 0.3 is 11.9 Å². The molecule has 472 valence electrons.